The summed E-state index contributed by atoms with van der Waals surface area (Å²) in [5.41, 5.74) is 3.68. The zero-order chi connectivity index (χ0) is 22.8. The molecule has 0 unspecified atom stereocenters. The number of anilines is 1. The molecule has 0 aliphatic heterocycles. The molecular weight excluding hydrogens is 430 g/mol. The molecule has 0 fully saturated rings. The molecule has 0 saturated carbocycles. The normalized spacial score (nSPS) is 12.0. The number of amides is 1. The van der Waals surface area contributed by atoms with Gasteiger partial charge in [0.05, 0.1) is 10.6 Å². The number of aryl methyl sites for hydroxylation is 3. The Morgan fingerprint density at radius 3 is 2.29 bits per heavy atom. The molecule has 1 heterocycles. The second-order valence-corrected chi connectivity index (χ2v) is 11.8. The summed E-state index contributed by atoms with van der Waals surface area (Å²) >= 11 is 1.19. The Morgan fingerprint density at radius 1 is 1.00 bits per heavy atom. The molecule has 1 aromatic heterocycles. The number of nitrogens with zero attached hydrogens (tertiary/aromatic N) is 2. The van der Waals surface area contributed by atoms with E-state index >= 15 is 0 Å². The van der Waals surface area contributed by atoms with Crippen LogP contribution in [0.25, 0.3) is 0 Å². The Labute approximate surface area is 187 Å². The number of nitrogens with one attached hydrogen (secondary N) is 1. The van der Waals surface area contributed by atoms with Crippen molar-refractivity contribution in [1.82, 2.24) is 10.2 Å². The number of hydrogen-bond acceptors (Lipinski definition) is 6. The van der Waals surface area contributed by atoms with Gasteiger partial charge in [0.2, 0.25) is 5.13 Å². The van der Waals surface area contributed by atoms with Crippen LogP contribution in [0.4, 0.5) is 5.13 Å². The number of benzene rings is 2. The summed E-state index contributed by atoms with van der Waals surface area (Å²) in [7, 11) is -3.42. The van der Waals surface area contributed by atoms with Crippen LogP contribution in [0.2, 0.25) is 0 Å². The van der Waals surface area contributed by atoms with E-state index in [0.717, 1.165) is 16.7 Å². The average Bonchev–Trinajstić information content (AvgIpc) is 3.15. The van der Waals surface area contributed by atoms with Crippen molar-refractivity contribution < 1.29 is 13.2 Å². The fourth-order valence-electron chi connectivity index (χ4n) is 2.94. The van der Waals surface area contributed by atoms with Crippen LogP contribution in [0.3, 0.4) is 0 Å². The Morgan fingerprint density at radius 2 is 1.68 bits per heavy atom. The zero-order valence-corrected chi connectivity index (χ0v) is 20.0. The van der Waals surface area contributed by atoms with Crippen molar-refractivity contribution in [1.29, 1.82) is 0 Å². The minimum atomic E-state index is -3.42. The van der Waals surface area contributed by atoms with Crippen LogP contribution in [0.15, 0.2) is 47.4 Å². The standard InChI is InChI=1S/C23H27N3O3S2/c1-15-6-11-19(14-16(15)2)31(28,29)13-12-20-25-26-22(30-20)24-21(27)17-7-9-18(10-8-17)23(3,4)5/h6-11,14H,12-13H2,1-5H3,(H,24,26,27). The van der Waals surface area contributed by atoms with E-state index in [1.807, 2.05) is 32.0 Å². The fraction of sp³-hybridized carbons (Fsp3) is 0.348. The van der Waals surface area contributed by atoms with Crippen LogP contribution in [-0.2, 0) is 21.7 Å². The number of carbonyl (C=O) groups is 1. The van der Waals surface area contributed by atoms with Gasteiger partial charge in [-0.05, 0) is 60.2 Å². The van der Waals surface area contributed by atoms with Gasteiger partial charge in [-0.2, -0.15) is 0 Å². The second-order valence-electron chi connectivity index (χ2n) is 8.60. The van der Waals surface area contributed by atoms with E-state index < -0.39 is 9.84 Å². The molecule has 3 aromatic rings. The topological polar surface area (TPSA) is 89.0 Å². The lowest BCUT2D eigenvalue weighted by molar-refractivity contribution is 0.102. The summed E-state index contributed by atoms with van der Waals surface area (Å²) in [5, 5.41) is 11.7. The Hall–Kier alpha value is -2.58. The van der Waals surface area contributed by atoms with Gasteiger partial charge in [0.1, 0.15) is 5.01 Å². The first-order valence-electron chi connectivity index (χ1n) is 10.00. The van der Waals surface area contributed by atoms with E-state index in [-0.39, 0.29) is 23.5 Å². The number of hydrogen-bond donors (Lipinski definition) is 1. The third-order valence-corrected chi connectivity index (χ3v) is 7.73. The van der Waals surface area contributed by atoms with Crippen molar-refractivity contribution in [2.24, 2.45) is 0 Å². The Kier molecular flexibility index (Phi) is 6.62. The number of carbonyl (C=O) groups excluding carboxylic acids is 1. The van der Waals surface area contributed by atoms with Gasteiger partial charge in [-0.3, -0.25) is 10.1 Å². The minimum Gasteiger partial charge on any atom is -0.296 e. The van der Waals surface area contributed by atoms with Crippen molar-refractivity contribution in [3.05, 3.63) is 69.7 Å². The number of rotatable bonds is 6. The highest BCUT2D eigenvalue weighted by atomic mass is 32.2. The molecule has 0 radical (unpaired) electrons. The third kappa shape index (κ3) is 5.77. The monoisotopic (exact) mass is 457 g/mol. The molecule has 2 aromatic carbocycles. The lowest BCUT2D eigenvalue weighted by atomic mass is 9.87. The second kappa shape index (κ2) is 8.88. The maximum Gasteiger partial charge on any atom is 0.257 e. The maximum absolute atomic E-state index is 12.6. The van der Waals surface area contributed by atoms with Gasteiger partial charge in [0.15, 0.2) is 9.84 Å². The molecule has 0 aliphatic carbocycles. The van der Waals surface area contributed by atoms with Crippen LogP contribution >= 0.6 is 11.3 Å². The summed E-state index contributed by atoms with van der Waals surface area (Å²) in [4.78, 5) is 12.8. The molecule has 6 nitrogen and oxygen atoms in total. The number of aromatic nitrogens is 2. The Bertz CT molecular complexity index is 1190. The molecule has 0 saturated heterocycles. The van der Waals surface area contributed by atoms with Gasteiger partial charge in [0, 0.05) is 12.0 Å². The van der Waals surface area contributed by atoms with Crippen molar-refractivity contribution in [2.75, 3.05) is 11.1 Å². The fourth-order valence-corrected chi connectivity index (χ4v) is 5.14. The predicted octanol–water partition coefficient (Wildman–Crippen LogP) is 4.72. The first-order chi connectivity index (χ1) is 14.5. The van der Waals surface area contributed by atoms with Gasteiger partial charge in [-0.1, -0.05) is 50.3 Å². The van der Waals surface area contributed by atoms with Gasteiger partial charge in [0.25, 0.3) is 5.91 Å². The lowest BCUT2D eigenvalue weighted by Crippen LogP contribution is -2.14. The van der Waals surface area contributed by atoms with E-state index in [9.17, 15) is 13.2 Å². The summed E-state index contributed by atoms with van der Waals surface area (Å²) < 4.78 is 25.2. The molecule has 0 bridgehead atoms. The van der Waals surface area contributed by atoms with Crippen molar-refractivity contribution in [3.8, 4) is 0 Å². The molecule has 8 heteroatoms. The first-order valence-corrected chi connectivity index (χ1v) is 12.5. The summed E-state index contributed by atoms with van der Waals surface area (Å²) in [6.45, 7) is 10.2. The van der Waals surface area contributed by atoms with E-state index in [2.05, 4.69) is 36.3 Å². The molecule has 0 atom stereocenters. The average molecular weight is 458 g/mol. The zero-order valence-electron chi connectivity index (χ0n) is 18.4. The van der Waals surface area contributed by atoms with Crippen LogP contribution < -0.4 is 5.32 Å². The molecule has 1 N–H and O–H groups in total. The number of sulfone groups is 1. The van der Waals surface area contributed by atoms with E-state index in [1.165, 1.54) is 11.3 Å². The van der Waals surface area contributed by atoms with Crippen molar-refractivity contribution in [2.45, 2.75) is 51.3 Å². The summed E-state index contributed by atoms with van der Waals surface area (Å²) in [5.74, 6) is -0.335. The van der Waals surface area contributed by atoms with Gasteiger partial charge in [-0.15, -0.1) is 10.2 Å². The van der Waals surface area contributed by atoms with Crippen molar-refractivity contribution in [3.63, 3.8) is 0 Å². The molecule has 3 rings (SSSR count). The molecule has 164 valence electrons. The summed E-state index contributed by atoms with van der Waals surface area (Å²) in [6, 6.07) is 12.6. The smallest absolute Gasteiger partial charge is 0.257 e. The van der Waals surface area contributed by atoms with Gasteiger partial charge >= 0.3 is 0 Å². The summed E-state index contributed by atoms with van der Waals surface area (Å²) in [6.07, 6.45) is 0.239. The first kappa shape index (κ1) is 23.1. The highest BCUT2D eigenvalue weighted by molar-refractivity contribution is 7.91. The predicted molar refractivity (Wildman–Crippen MR) is 125 cm³/mol. The SMILES string of the molecule is Cc1ccc(S(=O)(=O)CCc2nnc(NC(=O)c3ccc(C(C)(C)C)cc3)s2)cc1C. The third-order valence-electron chi connectivity index (χ3n) is 5.12. The van der Waals surface area contributed by atoms with Gasteiger partial charge < -0.3 is 0 Å². The highest BCUT2D eigenvalue weighted by Gasteiger charge is 2.18. The van der Waals surface area contributed by atoms with Gasteiger partial charge in [-0.25, -0.2) is 8.42 Å². The van der Waals surface area contributed by atoms with Crippen LogP contribution in [-0.4, -0.2) is 30.3 Å². The molecule has 0 spiro atoms. The largest absolute Gasteiger partial charge is 0.296 e. The van der Waals surface area contributed by atoms with Crippen LogP contribution in [0, 0.1) is 13.8 Å². The lowest BCUT2D eigenvalue weighted by Gasteiger charge is -2.18. The maximum atomic E-state index is 12.6. The highest BCUT2D eigenvalue weighted by Crippen LogP contribution is 2.23. The molecule has 1 amide bonds. The quantitative estimate of drug-likeness (QED) is 0.578. The molecule has 0 aliphatic rings. The Balaban J connectivity index is 1.62. The van der Waals surface area contributed by atoms with E-state index in [4.69, 9.17) is 0 Å². The van der Waals surface area contributed by atoms with Crippen LogP contribution in [0.5, 0.6) is 0 Å². The van der Waals surface area contributed by atoms with E-state index in [1.54, 1.807) is 24.3 Å². The van der Waals surface area contributed by atoms with Crippen molar-refractivity contribution >= 4 is 32.2 Å². The van der Waals surface area contributed by atoms with Crippen LogP contribution in [0.1, 0.15) is 52.8 Å². The van der Waals surface area contributed by atoms with E-state index in [0.29, 0.717) is 20.6 Å². The molecular formula is C23H27N3O3S2. The molecule has 31 heavy (non-hydrogen) atoms. The minimum absolute atomic E-state index is 0.0146.